The lowest BCUT2D eigenvalue weighted by atomic mass is 10.0. The van der Waals surface area contributed by atoms with Crippen LogP contribution in [0.5, 0.6) is 0 Å². The molecule has 1 aliphatic heterocycles. The maximum atomic E-state index is 13.1. The number of pyridine rings is 1. The minimum atomic E-state index is -0.424. The number of methoxy groups -OCH3 is 1. The van der Waals surface area contributed by atoms with Crippen LogP contribution in [-0.2, 0) is 22.6 Å². The summed E-state index contributed by atoms with van der Waals surface area (Å²) in [5, 5.41) is 10.7. The molecular weight excluding hydrogens is 411 g/mol. The van der Waals surface area contributed by atoms with Crippen LogP contribution >= 0.6 is 0 Å². The van der Waals surface area contributed by atoms with Gasteiger partial charge in [-0.2, -0.15) is 5.10 Å². The van der Waals surface area contributed by atoms with Gasteiger partial charge >= 0.3 is 0 Å². The third-order valence-electron chi connectivity index (χ3n) is 5.73. The quantitative estimate of drug-likeness (QED) is 0.590. The molecule has 0 spiro atoms. The molecule has 2 atom stereocenters. The Bertz CT molecular complexity index is 1110. The number of anilines is 3. The molecule has 0 radical (unpaired) electrons. The van der Waals surface area contributed by atoms with Crippen molar-refractivity contribution < 1.29 is 13.9 Å². The minimum absolute atomic E-state index is 0.103. The zero-order valence-electron chi connectivity index (χ0n) is 18.6. The van der Waals surface area contributed by atoms with Gasteiger partial charge in [0.15, 0.2) is 0 Å². The number of benzene rings is 1. The Labute approximate surface area is 186 Å². The maximum Gasteiger partial charge on any atom is 0.249 e. The molecule has 9 heteroatoms. The number of likely N-dealkylation sites (N-methyl/N-ethyl adjacent to an activating group) is 1. The molecule has 4 rings (SSSR count). The van der Waals surface area contributed by atoms with Gasteiger partial charge in [0.05, 0.1) is 35.9 Å². The van der Waals surface area contributed by atoms with Gasteiger partial charge < -0.3 is 20.3 Å². The van der Waals surface area contributed by atoms with Crippen LogP contribution in [0.2, 0.25) is 0 Å². The van der Waals surface area contributed by atoms with E-state index in [2.05, 4.69) is 20.7 Å². The SMILES string of the molecule is CO[C@H](C)[C@H]1C(=O)Nc2c(cc(NCc3cnn(Cc4ccc(F)cc4)c3)nc2C)N1C. The third kappa shape index (κ3) is 4.43. The van der Waals surface area contributed by atoms with Gasteiger partial charge in [-0.1, -0.05) is 12.1 Å². The van der Waals surface area contributed by atoms with E-state index in [-0.39, 0.29) is 17.8 Å². The molecule has 8 nitrogen and oxygen atoms in total. The number of carbonyl (C=O) groups excluding carboxylic acids is 1. The number of aromatic nitrogens is 3. The summed E-state index contributed by atoms with van der Waals surface area (Å²) in [6, 6.07) is 7.90. The third-order valence-corrected chi connectivity index (χ3v) is 5.73. The second-order valence-electron chi connectivity index (χ2n) is 8.00. The molecular formula is C23H27FN6O2. The average Bonchev–Trinajstić information content (AvgIpc) is 3.22. The van der Waals surface area contributed by atoms with Crippen molar-refractivity contribution in [3.63, 3.8) is 0 Å². The lowest BCUT2D eigenvalue weighted by Crippen LogP contribution is -2.52. The molecule has 0 saturated carbocycles. The van der Waals surface area contributed by atoms with Gasteiger partial charge in [0.1, 0.15) is 17.7 Å². The lowest BCUT2D eigenvalue weighted by Gasteiger charge is -2.38. The first-order chi connectivity index (χ1) is 15.4. The Morgan fingerprint density at radius 3 is 2.75 bits per heavy atom. The first-order valence-corrected chi connectivity index (χ1v) is 10.4. The number of aryl methyl sites for hydroxylation is 1. The van der Waals surface area contributed by atoms with E-state index in [0.717, 1.165) is 28.2 Å². The summed E-state index contributed by atoms with van der Waals surface area (Å²) in [4.78, 5) is 19.1. The van der Waals surface area contributed by atoms with Crippen LogP contribution in [0.15, 0.2) is 42.7 Å². The number of carbonyl (C=O) groups is 1. The summed E-state index contributed by atoms with van der Waals surface area (Å²) in [7, 11) is 3.49. The van der Waals surface area contributed by atoms with Crippen molar-refractivity contribution in [1.82, 2.24) is 14.8 Å². The van der Waals surface area contributed by atoms with E-state index in [1.807, 2.05) is 42.7 Å². The highest BCUT2D eigenvalue weighted by Gasteiger charge is 2.36. The van der Waals surface area contributed by atoms with Crippen molar-refractivity contribution in [2.75, 3.05) is 29.7 Å². The fourth-order valence-electron chi connectivity index (χ4n) is 3.91. The first kappa shape index (κ1) is 21.8. The summed E-state index contributed by atoms with van der Waals surface area (Å²) >= 11 is 0. The van der Waals surface area contributed by atoms with Gasteiger partial charge in [0.25, 0.3) is 0 Å². The second-order valence-corrected chi connectivity index (χ2v) is 8.00. The van der Waals surface area contributed by atoms with Crippen LogP contribution in [0.3, 0.4) is 0 Å². The number of hydrogen-bond donors (Lipinski definition) is 2. The second kappa shape index (κ2) is 8.96. The Balaban J connectivity index is 1.46. The number of rotatable bonds is 7. The van der Waals surface area contributed by atoms with Crippen molar-refractivity contribution in [3.8, 4) is 0 Å². The Morgan fingerprint density at radius 2 is 2.03 bits per heavy atom. The van der Waals surface area contributed by atoms with E-state index in [1.54, 1.807) is 25.4 Å². The molecule has 3 heterocycles. The molecule has 2 N–H and O–H groups in total. The number of nitrogens with one attached hydrogen (secondary N) is 2. The van der Waals surface area contributed by atoms with E-state index in [9.17, 15) is 9.18 Å². The van der Waals surface area contributed by atoms with E-state index in [1.165, 1.54) is 12.1 Å². The van der Waals surface area contributed by atoms with Crippen molar-refractivity contribution in [2.24, 2.45) is 0 Å². The Kier molecular flexibility index (Phi) is 6.09. The highest BCUT2D eigenvalue weighted by Crippen LogP contribution is 2.36. The summed E-state index contributed by atoms with van der Waals surface area (Å²) in [6.07, 6.45) is 3.49. The van der Waals surface area contributed by atoms with Gasteiger partial charge in [0, 0.05) is 38.5 Å². The summed E-state index contributed by atoms with van der Waals surface area (Å²) in [6.45, 7) is 4.87. The monoisotopic (exact) mass is 438 g/mol. The molecule has 0 aliphatic carbocycles. The molecule has 168 valence electrons. The van der Waals surface area contributed by atoms with E-state index in [4.69, 9.17) is 4.74 Å². The zero-order chi connectivity index (χ0) is 22.8. The highest BCUT2D eigenvalue weighted by atomic mass is 19.1. The summed E-state index contributed by atoms with van der Waals surface area (Å²) in [5.74, 6) is 0.355. The minimum Gasteiger partial charge on any atom is -0.379 e. The molecule has 0 bridgehead atoms. The molecule has 1 aliphatic rings. The average molecular weight is 439 g/mol. The van der Waals surface area contributed by atoms with Crippen molar-refractivity contribution in [3.05, 3.63) is 65.4 Å². The number of halogens is 1. The molecule has 3 aromatic rings. The van der Waals surface area contributed by atoms with Crippen LogP contribution in [0, 0.1) is 12.7 Å². The maximum absolute atomic E-state index is 13.1. The largest absolute Gasteiger partial charge is 0.379 e. The first-order valence-electron chi connectivity index (χ1n) is 10.4. The zero-order valence-corrected chi connectivity index (χ0v) is 18.6. The molecule has 32 heavy (non-hydrogen) atoms. The highest BCUT2D eigenvalue weighted by molar-refractivity contribution is 6.04. The summed E-state index contributed by atoms with van der Waals surface area (Å²) < 4.78 is 20.3. The van der Waals surface area contributed by atoms with Gasteiger partial charge in [-0.3, -0.25) is 9.48 Å². The summed E-state index contributed by atoms with van der Waals surface area (Å²) in [5.41, 5.74) is 4.32. The molecule has 1 amide bonds. The Morgan fingerprint density at radius 1 is 1.28 bits per heavy atom. The smallest absolute Gasteiger partial charge is 0.249 e. The van der Waals surface area contributed by atoms with Crippen LogP contribution in [0.1, 0.15) is 23.7 Å². The molecule has 2 aromatic heterocycles. The van der Waals surface area contributed by atoms with Crippen molar-refractivity contribution in [1.29, 1.82) is 0 Å². The number of fused-ring (bicyclic) bond motifs is 1. The van der Waals surface area contributed by atoms with E-state index in [0.29, 0.717) is 18.9 Å². The number of nitrogens with zero attached hydrogens (tertiary/aromatic N) is 4. The molecule has 0 unspecified atom stereocenters. The van der Waals surface area contributed by atoms with Gasteiger partial charge in [-0.15, -0.1) is 0 Å². The lowest BCUT2D eigenvalue weighted by molar-refractivity contribution is -0.120. The van der Waals surface area contributed by atoms with Crippen LogP contribution in [-0.4, -0.2) is 47.0 Å². The fourth-order valence-corrected chi connectivity index (χ4v) is 3.91. The van der Waals surface area contributed by atoms with Crippen LogP contribution < -0.4 is 15.5 Å². The number of ether oxygens (including phenoxy) is 1. The molecule has 0 fully saturated rings. The van der Waals surface area contributed by atoms with Gasteiger partial charge in [-0.05, 0) is 31.5 Å². The molecule has 1 aromatic carbocycles. The van der Waals surface area contributed by atoms with Crippen molar-refractivity contribution in [2.45, 2.75) is 39.1 Å². The predicted molar refractivity (Wildman–Crippen MR) is 121 cm³/mol. The Hall–Kier alpha value is -3.46. The normalized spacial score (nSPS) is 16.5. The van der Waals surface area contributed by atoms with E-state index >= 15 is 0 Å². The number of amides is 1. The number of hydrogen-bond acceptors (Lipinski definition) is 6. The van der Waals surface area contributed by atoms with E-state index < -0.39 is 6.04 Å². The molecule has 0 saturated heterocycles. The van der Waals surface area contributed by atoms with Crippen LogP contribution in [0.4, 0.5) is 21.6 Å². The standard InChI is InChI=1S/C23H27FN6O2/c1-14-21-19(29(3)22(15(2)32-4)23(31)28-21)9-20(27-14)25-10-17-11-26-30(13-17)12-16-5-7-18(24)8-6-16/h5-9,11,13,15,22H,10,12H2,1-4H3,(H,25,27)(H,28,31)/t15-,22+/m1/s1. The van der Waals surface area contributed by atoms with Crippen LogP contribution in [0.25, 0.3) is 0 Å². The predicted octanol–water partition coefficient (Wildman–Crippen LogP) is 3.18. The fraction of sp³-hybridized carbons (Fsp3) is 0.348. The van der Waals surface area contributed by atoms with Crippen molar-refractivity contribution >= 4 is 23.1 Å². The topological polar surface area (TPSA) is 84.3 Å². The van der Waals surface area contributed by atoms with Gasteiger partial charge in [-0.25, -0.2) is 9.37 Å². The van der Waals surface area contributed by atoms with Gasteiger partial charge in [0.2, 0.25) is 5.91 Å².